The van der Waals surface area contributed by atoms with Gasteiger partial charge in [-0.25, -0.2) is 14.8 Å². The van der Waals surface area contributed by atoms with Crippen molar-refractivity contribution in [2.75, 3.05) is 21.3 Å². The van der Waals surface area contributed by atoms with Crippen molar-refractivity contribution in [3.8, 4) is 11.5 Å². The van der Waals surface area contributed by atoms with Gasteiger partial charge < -0.3 is 56.7 Å². The molecule has 3 aromatic carbocycles. The Kier molecular flexibility index (Phi) is 14.1. The summed E-state index contributed by atoms with van der Waals surface area (Å²) >= 11 is 0. The lowest BCUT2D eigenvalue weighted by molar-refractivity contribution is -0.118. The summed E-state index contributed by atoms with van der Waals surface area (Å²) in [6, 6.07) is 15.0. The van der Waals surface area contributed by atoms with Gasteiger partial charge in [-0.1, -0.05) is 0 Å². The number of H-pyrrole nitrogens is 1. The van der Waals surface area contributed by atoms with Crippen LogP contribution in [0.1, 0.15) is 81.4 Å². The number of nitrogens with one attached hydrogen (secondary N) is 6. The zero-order valence-corrected chi connectivity index (χ0v) is 36.4. The number of aromatic nitrogens is 6. The third-order valence-electron chi connectivity index (χ3n) is 10.7. The van der Waals surface area contributed by atoms with Gasteiger partial charge in [0.05, 0.1) is 59.3 Å². The van der Waals surface area contributed by atoms with Gasteiger partial charge in [-0.2, -0.15) is 15.4 Å². The molecule has 0 saturated heterocycles. The molecule has 0 spiro atoms. The van der Waals surface area contributed by atoms with Crippen LogP contribution in [0.4, 0.5) is 22.7 Å². The number of pyridine rings is 3. The summed E-state index contributed by atoms with van der Waals surface area (Å²) in [6.07, 6.45) is 3.89. The molecule has 11 N–H and O–H groups in total. The van der Waals surface area contributed by atoms with Crippen molar-refractivity contribution in [3.05, 3.63) is 152 Å². The summed E-state index contributed by atoms with van der Waals surface area (Å²) in [7, 11) is 0. The van der Waals surface area contributed by atoms with Crippen molar-refractivity contribution in [2.24, 2.45) is 0 Å². The number of aromatic amines is 1. The number of carboxylic acids is 1. The molecule has 69 heavy (non-hydrogen) atoms. The predicted molar refractivity (Wildman–Crippen MR) is 246 cm³/mol. The van der Waals surface area contributed by atoms with Gasteiger partial charge in [0.15, 0.2) is 0 Å². The van der Waals surface area contributed by atoms with Crippen LogP contribution in [-0.4, -0.2) is 97.0 Å². The number of aromatic carboxylic acids is 1. The number of aliphatic hydroxyl groups excluding tert-OH is 2. The number of carboxylic acid groups (broad SMARTS) is 1. The quantitative estimate of drug-likeness (QED) is 0.0663. The van der Waals surface area contributed by atoms with E-state index in [1.54, 1.807) is 23.6 Å². The van der Waals surface area contributed by atoms with Crippen molar-refractivity contribution < 1.29 is 54.3 Å². The number of rotatable bonds is 16. The van der Waals surface area contributed by atoms with Gasteiger partial charge in [0, 0.05) is 47.2 Å². The molecule has 352 valence electrons. The van der Waals surface area contributed by atoms with Crippen molar-refractivity contribution in [3.63, 3.8) is 0 Å². The average molecular weight is 940 g/mol. The molecule has 1 atom stereocenters. The van der Waals surface area contributed by atoms with Crippen LogP contribution >= 0.6 is 0 Å². The summed E-state index contributed by atoms with van der Waals surface area (Å²) in [5.41, 5.74) is -0.393. The van der Waals surface area contributed by atoms with Crippen LogP contribution < -0.4 is 32.0 Å². The summed E-state index contributed by atoms with van der Waals surface area (Å²) in [4.78, 5) is 99.9. The van der Waals surface area contributed by atoms with E-state index >= 15 is 0 Å². The lowest BCUT2D eigenvalue weighted by Gasteiger charge is -2.18. The Morgan fingerprint density at radius 3 is 1.96 bits per heavy atom. The molecule has 23 heteroatoms. The second-order valence-corrected chi connectivity index (χ2v) is 15.1. The maximum absolute atomic E-state index is 13.6. The molecule has 0 unspecified atom stereocenters. The Bertz CT molecular complexity index is 3210. The number of carbonyl (C=O) groups excluding carboxylic acids is 5. The lowest BCUT2D eigenvalue weighted by atomic mass is 10.0. The third-order valence-corrected chi connectivity index (χ3v) is 10.7. The number of benzene rings is 3. The van der Waals surface area contributed by atoms with E-state index in [1.165, 1.54) is 61.1 Å². The van der Waals surface area contributed by atoms with Gasteiger partial charge in [-0.15, -0.1) is 0 Å². The molecule has 4 heterocycles. The first-order valence-corrected chi connectivity index (χ1v) is 20.7. The largest absolute Gasteiger partial charge is 0.507 e. The molecule has 4 aromatic heterocycles. The fourth-order valence-electron chi connectivity index (χ4n) is 7.04. The number of aromatic hydroxyl groups is 2. The maximum Gasteiger partial charge on any atom is 0.339 e. The smallest absolute Gasteiger partial charge is 0.339 e. The number of carbonyl (C=O) groups is 6. The molecular formula is C46H41N11O12. The van der Waals surface area contributed by atoms with Gasteiger partial charge in [0.2, 0.25) is 11.3 Å². The van der Waals surface area contributed by atoms with Crippen molar-refractivity contribution in [1.29, 1.82) is 0 Å². The average Bonchev–Trinajstić information content (AvgIpc) is 3.85. The van der Waals surface area contributed by atoms with Crippen LogP contribution in [0.25, 0.3) is 11.0 Å². The fraction of sp³-hybridized carbons (Fsp3) is 0.152. The molecule has 5 amide bonds. The molecule has 0 aliphatic rings. The second kappa shape index (κ2) is 20.4. The molecule has 0 aliphatic carbocycles. The van der Waals surface area contributed by atoms with Crippen LogP contribution in [0, 0.1) is 6.92 Å². The lowest BCUT2D eigenvalue weighted by Crippen LogP contribution is -2.45. The van der Waals surface area contributed by atoms with Crippen molar-refractivity contribution in [2.45, 2.75) is 46.1 Å². The number of aryl methyl sites for hydroxylation is 2. The highest BCUT2D eigenvalue weighted by Gasteiger charge is 2.26. The maximum atomic E-state index is 13.6. The number of amides is 5. The number of phenols is 2. The highest BCUT2D eigenvalue weighted by Crippen LogP contribution is 2.33. The van der Waals surface area contributed by atoms with Crippen LogP contribution in [0.15, 0.2) is 96.2 Å². The summed E-state index contributed by atoms with van der Waals surface area (Å²) in [5, 5.41) is 73.6. The zero-order chi connectivity index (χ0) is 49.5. The van der Waals surface area contributed by atoms with Gasteiger partial charge in [-0.3, -0.25) is 28.8 Å². The highest BCUT2D eigenvalue weighted by molar-refractivity contribution is 6.09. The van der Waals surface area contributed by atoms with Crippen molar-refractivity contribution >= 4 is 69.3 Å². The SMILES string of the molecule is CCn1cc(C(=O)Nc2ccc(C(=O)N[C@@H](Cc3cn[nH]n3)C(=O)Nc3ccc(C(=O)Nc4ccc(C(=O)Nc5ccc(C(=O)O)c(O)c5CO)c(O)c4CO)nc3)cc2)c(=O)c2ccc(C)nc21. The number of nitrogens with zero attached hydrogens (tertiary/aromatic N) is 5. The van der Waals surface area contributed by atoms with Crippen LogP contribution in [0.2, 0.25) is 0 Å². The molecule has 7 aromatic rings. The van der Waals surface area contributed by atoms with E-state index in [4.69, 9.17) is 0 Å². The van der Waals surface area contributed by atoms with E-state index in [-0.39, 0.29) is 57.0 Å². The number of hydrogen-bond acceptors (Lipinski definition) is 15. The first-order chi connectivity index (χ1) is 33.1. The molecule has 0 bridgehead atoms. The molecule has 0 radical (unpaired) electrons. The Hall–Kier alpha value is -9.35. The van der Waals surface area contributed by atoms with Crippen LogP contribution in [-0.2, 0) is 31.0 Å². The number of hydrogen-bond donors (Lipinski definition) is 11. The van der Waals surface area contributed by atoms with Crippen molar-refractivity contribution in [1.82, 2.24) is 35.3 Å². The van der Waals surface area contributed by atoms with E-state index < -0.39 is 77.3 Å². The number of anilines is 4. The summed E-state index contributed by atoms with van der Waals surface area (Å²) in [5.74, 6) is -6.76. The molecule has 23 nitrogen and oxygen atoms in total. The van der Waals surface area contributed by atoms with E-state index in [1.807, 2.05) is 6.92 Å². The minimum absolute atomic E-state index is 0.0912. The Labute approximate surface area is 388 Å². The summed E-state index contributed by atoms with van der Waals surface area (Å²) < 4.78 is 1.71. The monoisotopic (exact) mass is 939 g/mol. The molecular weight excluding hydrogens is 899 g/mol. The van der Waals surface area contributed by atoms with E-state index in [2.05, 4.69) is 52.0 Å². The number of fused-ring (bicyclic) bond motifs is 1. The van der Waals surface area contributed by atoms with E-state index in [0.717, 1.165) is 23.9 Å². The van der Waals surface area contributed by atoms with E-state index in [0.29, 0.717) is 29.0 Å². The highest BCUT2D eigenvalue weighted by atomic mass is 16.4. The Balaban J connectivity index is 0.991. The molecule has 0 aliphatic heterocycles. The minimum Gasteiger partial charge on any atom is -0.507 e. The first kappa shape index (κ1) is 47.6. The number of aliphatic hydroxyl groups is 2. The Morgan fingerprint density at radius 2 is 1.35 bits per heavy atom. The zero-order valence-electron chi connectivity index (χ0n) is 36.4. The van der Waals surface area contributed by atoms with Gasteiger partial charge in [0.25, 0.3) is 23.6 Å². The predicted octanol–water partition coefficient (Wildman–Crippen LogP) is 3.07. The van der Waals surface area contributed by atoms with Gasteiger partial charge in [0.1, 0.15) is 40.0 Å². The first-order valence-electron chi connectivity index (χ1n) is 20.7. The topological polar surface area (TPSA) is 353 Å². The van der Waals surface area contributed by atoms with E-state index in [9.17, 15) is 59.1 Å². The third kappa shape index (κ3) is 10.4. The van der Waals surface area contributed by atoms with Crippen LogP contribution in [0.3, 0.4) is 0 Å². The van der Waals surface area contributed by atoms with Gasteiger partial charge in [-0.05, 0) is 86.6 Å². The molecule has 7 rings (SSSR count). The normalized spacial score (nSPS) is 11.4. The molecule has 0 fully saturated rings. The van der Waals surface area contributed by atoms with Gasteiger partial charge >= 0.3 is 5.97 Å². The fourth-order valence-corrected chi connectivity index (χ4v) is 7.04. The minimum atomic E-state index is -1.47. The standard InChI is InChI=1S/C46H41N11O12/c1-3-57-19-30(37(60)27-10-4-22(2)49-40(27)57)43(65)50-24-7-5-23(6-8-24)41(63)54-36(16-26-18-48-56-55-26)45(67)51-25-9-13-35(47-17-25)44(66)53-34-14-11-28(38(61)31(34)20-58)42(64)52-33-15-12-29(46(68)69)39(62)32(33)21-59/h4-15,17-19,36,58-59,61-62H,3,16,20-21H2,1-2H3,(H,50,65)(H,51,67)(H,52,64)(H,53,66)(H,54,63)(H,68,69)(H,48,55,56)/t36-/m0/s1. The second-order valence-electron chi connectivity index (χ2n) is 15.1. The molecule has 0 saturated carbocycles. The Morgan fingerprint density at radius 1 is 0.710 bits per heavy atom. The summed E-state index contributed by atoms with van der Waals surface area (Å²) in [6.45, 7) is 2.44. The van der Waals surface area contributed by atoms with Crippen LogP contribution in [0.5, 0.6) is 11.5 Å².